The van der Waals surface area contributed by atoms with Crippen molar-refractivity contribution in [2.75, 3.05) is 0 Å². The zero-order valence-corrected chi connectivity index (χ0v) is 4.44. The maximum atomic E-state index is 9.93. The Morgan fingerprint density at radius 3 is 2.33 bits per heavy atom. The minimum absolute atomic E-state index is 0.562. The van der Waals surface area contributed by atoms with E-state index in [0.717, 1.165) is 4.83 Å². The smallest absolute Gasteiger partial charge is 0.369 e. The number of nitrogens with one attached hydrogen (secondary N) is 2. The number of hydrogen-bond donors (Lipinski definition) is 2. The molecule has 0 amide bonds. The summed E-state index contributed by atoms with van der Waals surface area (Å²) >= 11 is 0. The zero-order valence-electron chi connectivity index (χ0n) is 4.44. The molecule has 1 aliphatic rings. The van der Waals surface area contributed by atoms with E-state index < -0.39 is 5.03 Å². The third-order valence-corrected chi connectivity index (χ3v) is 0.769. The van der Waals surface area contributed by atoms with Crippen molar-refractivity contribution in [3.05, 3.63) is 10.1 Å². The fraction of sp³-hybridized carbons (Fsp3) is 0. The second kappa shape index (κ2) is 2.74. The average Bonchev–Trinajstić information content (AvgIpc) is 1.90. The second-order valence-corrected chi connectivity index (χ2v) is 1.35. The van der Waals surface area contributed by atoms with Crippen LogP contribution in [0.25, 0.3) is 0 Å². The molecule has 0 bridgehead atoms. The van der Waals surface area contributed by atoms with Crippen LogP contribution < -0.4 is 10.3 Å². The minimum atomic E-state index is -0.562. The van der Waals surface area contributed by atoms with Gasteiger partial charge in [0.1, 0.15) is 5.03 Å². The van der Waals surface area contributed by atoms with Gasteiger partial charge in [0.05, 0.1) is 0 Å². The van der Waals surface area contributed by atoms with Crippen LogP contribution in [0.2, 0.25) is 0 Å². The molecule has 1 saturated heterocycles. The first-order chi connectivity index (χ1) is 4.30. The van der Waals surface area contributed by atoms with Gasteiger partial charge in [0.2, 0.25) is 0 Å². The van der Waals surface area contributed by atoms with Crippen molar-refractivity contribution in [2.45, 2.75) is 0 Å². The van der Waals surface area contributed by atoms with Crippen LogP contribution in [0, 0.1) is 10.1 Å². The lowest BCUT2D eigenvalue weighted by Gasteiger charge is -2.16. The summed E-state index contributed by atoms with van der Waals surface area (Å²) in [6.45, 7) is 0. The lowest BCUT2D eigenvalue weighted by atomic mass is 9.83. The molecule has 1 rings (SSSR count). The van der Waals surface area contributed by atoms with Crippen molar-refractivity contribution in [2.24, 2.45) is 0 Å². The Balaban J connectivity index is 2.31. The summed E-state index contributed by atoms with van der Waals surface area (Å²) in [5.41, 5.74) is 0. The van der Waals surface area contributed by atoms with Gasteiger partial charge >= 0.3 is 15.1 Å². The molecule has 3 radical (unpaired) electrons. The molecule has 0 spiro atoms. The summed E-state index contributed by atoms with van der Waals surface area (Å²) in [6, 6.07) is 0. The van der Waals surface area contributed by atoms with Gasteiger partial charge in [0.15, 0.2) is 0 Å². The van der Waals surface area contributed by atoms with Crippen LogP contribution in [0.5, 0.6) is 0 Å². The number of rotatable bonds is 1. The molecule has 9 heteroatoms. The number of nitrogens with zero attached hydrogens (tertiary/aromatic N) is 2. The molecule has 0 aromatic heterocycles. The van der Waals surface area contributed by atoms with E-state index in [-0.39, 0.29) is 0 Å². The highest BCUT2D eigenvalue weighted by atomic mass is 16.7. The van der Waals surface area contributed by atoms with Crippen LogP contribution in [0.1, 0.15) is 0 Å². The van der Waals surface area contributed by atoms with E-state index in [1.54, 1.807) is 0 Å². The number of hydrogen-bond acceptors (Lipinski definition) is 4. The molecule has 0 saturated carbocycles. The summed E-state index contributed by atoms with van der Waals surface area (Å²) in [5.74, 6) is 0. The first-order valence-corrected chi connectivity index (χ1v) is 2.24. The van der Waals surface area contributed by atoms with Crippen LogP contribution in [-0.4, -0.2) is 32.5 Å². The van der Waals surface area contributed by atoms with E-state index in [2.05, 4.69) is 10.3 Å². The summed E-state index contributed by atoms with van der Waals surface area (Å²) in [5, 5.41) is 14.4. The minimum Gasteiger partial charge on any atom is -0.369 e. The molecular weight excluding hydrogens is 120 g/mol. The quantitative estimate of drug-likeness (QED) is 0.225. The van der Waals surface area contributed by atoms with Crippen LogP contribution >= 0.6 is 0 Å². The van der Waals surface area contributed by atoms with E-state index in [9.17, 15) is 10.1 Å². The topological polar surface area (TPSA) is 70.4 Å². The Morgan fingerprint density at radius 1 is 1.44 bits per heavy atom. The van der Waals surface area contributed by atoms with E-state index in [1.807, 2.05) is 0 Å². The molecule has 0 aromatic rings. The Bertz CT molecular complexity index is 110. The van der Waals surface area contributed by atoms with Crippen LogP contribution in [-0.2, 0) is 0 Å². The first-order valence-electron chi connectivity index (χ1n) is 2.24. The summed E-state index contributed by atoms with van der Waals surface area (Å²) in [7, 11) is 3.91. The fourth-order valence-corrected chi connectivity index (χ4v) is 0.407. The molecule has 0 aromatic carbocycles. The van der Waals surface area contributed by atoms with Crippen LogP contribution in [0.3, 0.4) is 0 Å². The van der Waals surface area contributed by atoms with Gasteiger partial charge in [-0.2, -0.15) is 4.83 Å². The van der Waals surface area contributed by atoms with Gasteiger partial charge in [-0.3, -0.25) is 0 Å². The Morgan fingerprint density at radius 2 is 2.00 bits per heavy atom. The third-order valence-electron chi connectivity index (χ3n) is 0.769. The predicted molar refractivity (Wildman–Crippen MR) is 32.4 cm³/mol. The maximum Gasteiger partial charge on any atom is 0.399 e. The summed E-state index contributed by atoms with van der Waals surface area (Å²) in [6.07, 6.45) is 0. The molecule has 1 fully saturated rings. The lowest BCUT2D eigenvalue weighted by molar-refractivity contribution is -0.594. The summed E-state index contributed by atoms with van der Waals surface area (Å²) < 4.78 is 0. The predicted octanol–water partition coefficient (Wildman–Crippen LogP) is -2.72. The van der Waals surface area contributed by atoms with Crippen molar-refractivity contribution in [1.82, 2.24) is 15.1 Å². The van der Waals surface area contributed by atoms with Gasteiger partial charge in [-0.25, -0.2) is 10.1 Å². The second-order valence-electron chi connectivity index (χ2n) is 1.35. The summed E-state index contributed by atoms with van der Waals surface area (Å²) in [4.78, 5) is 10.7. The molecule has 1 heterocycles. The van der Waals surface area contributed by atoms with Crippen molar-refractivity contribution in [3.8, 4) is 0 Å². The average molecular weight is 122 g/mol. The standard InChI is InChI=1S/B3H2N4O2/c8-7(9)6-2-4-1-5-3-6/h4-5H. The maximum absolute atomic E-state index is 9.93. The number of hydrazine groups is 1. The first kappa shape index (κ1) is 6.44. The van der Waals surface area contributed by atoms with Gasteiger partial charge < -0.3 is 10.3 Å². The molecule has 6 nitrogen and oxygen atoms in total. The molecule has 1 aliphatic heterocycles. The molecule has 0 atom stereocenters. The molecule has 0 aliphatic carbocycles. The van der Waals surface area contributed by atoms with Crippen molar-refractivity contribution < 1.29 is 5.03 Å². The molecule has 0 unspecified atom stereocenters. The van der Waals surface area contributed by atoms with E-state index in [0.29, 0.717) is 0 Å². The normalized spacial score (nSPS) is 17.1. The van der Waals surface area contributed by atoms with Crippen molar-refractivity contribution in [3.63, 3.8) is 0 Å². The number of nitro groups is 1. The van der Waals surface area contributed by atoms with Gasteiger partial charge in [0.25, 0.3) is 7.55 Å². The largest absolute Gasteiger partial charge is 0.399 e. The third kappa shape index (κ3) is 1.61. The van der Waals surface area contributed by atoms with Crippen LogP contribution in [0.15, 0.2) is 0 Å². The van der Waals surface area contributed by atoms with Gasteiger partial charge in [-0.1, -0.05) is 0 Å². The Hall–Kier alpha value is -0.685. The Kier molecular flexibility index (Phi) is 1.96. The van der Waals surface area contributed by atoms with Gasteiger partial charge in [0, 0.05) is 0 Å². The van der Waals surface area contributed by atoms with E-state index in [1.165, 1.54) is 22.6 Å². The molecular formula is H2B3N4O2. The highest BCUT2D eigenvalue weighted by Crippen LogP contribution is 1.79. The van der Waals surface area contributed by atoms with Gasteiger partial charge in [-0.05, 0) is 0 Å². The van der Waals surface area contributed by atoms with E-state index in [4.69, 9.17) is 0 Å². The molecule has 9 heavy (non-hydrogen) atoms. The molecule has 43 valence electrons. The fourth-order valence-electron chi connectivity index (χ4n) is 0.407. The SMILES string of the molecule is O=[N+]([O-])N1[B]N[B]N[B]1. The monoisotopic (exact) mass is 123 g/mol. The van der Waals surface area contributed by atoms with Crippen molar-refractivity contribution >= 4 is 22.6 Å². The highest BCUT2D eigenvalue weighted by Gasteiger charge is 2.21. The van der Waals surface area contributed by atoms with Crippen molar-refractivity contribution in [1.29, 1.82) is 0 Å². The molecule has 2 N–H and O–H groups in total. The zero-order chi connectivity index (χ0) is 6.69. The Labute approximate surface area is 53.9 Å². The van der Waals surface area contributed by atoms with Crippen LogP contribution in [0.4, 0.5) is 0 Å². The lowest BCUT2D eigenvalue weighted by Crippen LogP contribution is -2.59. The van der Waals surface area contributed by atoms with E-state index >= 15 is 0 Å². The van der Waals surface area contributed by atoms with Gasteiger partial charge in [-0.15, -0.1) is 0 Å². The highest BCUT2D eigenvalue weighted by molar-refractivity contribution is 6.64.